The summed E-state index contributed by atoms with van der Waals surface area (Å²) in [7, 11) is -8.76. The van der Waals surface area contributed by atoms with Gasteiger partial charge in [0.2, 0.25) is 0 Å². The van der Waals surface area contributed by atoms with Crippen LogP contribution in [0.15, 0.2) is 155 Å². The van der Waals surface area contributed by atoms with E-state index in [1.165, 1.54) is 36.4 Å². The first kappa shape index (κ1) is 32.6. The average molecular weight is 723 g/mol. The van der Waals surface area contributed by atoms with Crippen LogP contribution < -0.4 is 0 Å². The Balaban J connectivity index is 1.46. The highest BCUT2D eigenvalue weighted by Crippen LogP contribution is 2.42. The normalized spacial score (nSPS) is 13.7. The maximum atomic E-state index is 14.8. The fourth-order valence-corrected chi connectivity index (χ4v) is 9.66. The van der Waals surface area contributed by atoms with Gasteiger partial charge in [0.25, 0.3) is 31.9 Å². The van der Waals surface area contributed by atoms with Crippen molar-refractivity contribution in [3.05, 3.63) is 168 Å². The second kappa shape index (κ2) is 12.3. The van der Waals surface area contributed by atoms with Gasteiger partial charge in [-0.25, -0.2) is 24.8 Å². The van der Waals surface area contributed by atoms with E-state index < -0.39 is 31.9 Å². The largest absolute Gasteiger partial charge is 0.270 e. The first-order valence-corrected chi connectivity index (χ1v) is 18.9. The molecule has 52 heavy (non-hydrogen) atoms. The molecule has 0 saturated carbocycles. The lowest BCUT2D eigenvalue weighted by Gasteiger charge is -2.16. The highest BCUT2D eigenvalue weighted by Gasteiger charge is 2.44. The van der Waals surface area contributed by atoms with Crippen LogP contribution in [-0.4, -0.2) is 41.5 Å². The van der Waals surface area contributed by atoms with Crippen LogP contribution in [0.1, 0.15) is 22.5 Å². The Morgan fingerprint density at radius 1 is 0.519 bits per heavy atom. The van der Waals surface area contributed by atoms with Gasteiger partial charge < -0.3 is 0 Å². The molecule has 3 heterocycles. The minimum Gasteiger partial charge on any atom is -0.270 e. The number of para-hydroxylation sites is 2. The highest BCUT2D eigenvalue weighted by atomic mass is 32.2. The Kier molecular flexibility index (Phi) is 7.75. The number of imide groups is 1. The molecule has 254 valence electrons. The smallest absolute Gasteiger partial charge is 0.268 e. The molecule has 0 fully saturated rings. The van der Waals surface area contributed by atoms with E-state index in [0.717, 1.165) is 12.8 Å². The number of hydrogen-bond donors (Lipinski definition) is 0. The zero-order valence-electron chi connectivity index (χ0n) is 27.1. The Bertz CT molecular complexity index is 2720. The van der Waals surface area contributed by atoms with Crippen molar-refractivity contribution in [2.45, 2.75) is 16.3 Å². The molecule has 0 aliphatic carbocycles. The zero-order chi connectivity index (χ0) is 36.2. The van der Waals surface area contributed by atoms with E-state index in [2.05, 4.69) is 0 Å². The second-order valence-electron chi connectivity index (χ2n) is 12.1. The van der Waals surface area contributed by atoms with E-state index in [9.17, 15) is 31.7 Å². The number of rotatable bonds is 8. The second-order valence-corrected chi connectivity index (χ2v) is 15.7. The number of nitrogens with zero attached hydrogens (tertiary/aromatic N) is 4. The molecule has 7 aromatic rings. The van der Waals surface area contributed by atoms with Crippen molar-refractivity contribution in [3.8, 4) is 6.07 Å². The van der Waals surface area contributed by atoms with Gasteiger partial charge in [0.05, 0.1) is 61.5 Å². The molecule has 0 N–H and O–H groups in total. The Morgan fingerprint density at radius 2 is 0.923 bits per heavy atom. The Hall–Kier alpha value is -6.55. The molecule has 1 aliphatic heterocycles. The van der Waals surface area contributed by atoms with Crippen LogP contribution in [-0.2, 0) is 36.2 Å². The van der Waals surface area contributed by atoms with Crippen molar-refractivity contribution in [1.29, 1.82) is 5.26 Å². The molecule has 5 aromatic carbocycles. The predicted octanol–water partition coefficient (Wildman–Crippen LogP) is 6.42. The number of hydrogen-bond acceptors (Lipinski definition) is 7. The molecule has 1 aliphatic rings. The summed E-state index contributed by atoms with van der Waals surface area (Å²) in [6, 6.07) is 40.3. The maximum Gasteiger partial charge on any atom is 0.268 e. The monoisotopic (exact) mass is 722 g/mol. The average Bonchev–Trinajstić information content (AvgIpc) is 3.82. The minimum atomic E-state index is -4.38. The Morgan fingerprint density at radius 3 is 1.35 bits per heavy atom. The third-order valence-corrected chi connectivity index (χ3v) is 12.5. The van der Waals surface area contributed by atoms with Gasteiger partial charge in [0.1, 0.15) is 0 Å². The molecule has 2 amide bonds. The molecule has 12 heteroatoms. The summed E-state index contributed by atoms with van der Waals surface area (Å²) < 4.78 is 60.1. The third kappa shape index (κ3) is 5.14. The van der Waals surface area contributed by atoms with Crippen molar-refractivity contribution in [2.75, 3.05) is 0 Å². The lowest BCUT2D eigenvalue weighted by atomic mass is 10.0. The SMILES string of the molecule is N#Cc1ccc(CN2C(=O)C(c3cc4ccccc4n3S(=O)(=O)c3ccccc3)=C(c3cc4ccccc4n3S(=O)(=O)c3ccccc3)C2=O)cc1. The predicted molar refractivity (Wildman–Crippen MR) is 195 cm³/mol. The Labute approximate surface area is 298 Å². The number of carbonyl (C=O) groups is 2. The van der Waals surface area contributed by atoms with Gasteiger partial charge in [-0.15, -0.1) is 0 Å². The summed E-state index contributed by atoms with van der Waals surface area (Å²) in [6.07, 6.45) is 0. The van der Waals surface area contributed by atoms with Gasteiger partial charge in [-0.3, -0.25) is 14.5 Å². The molecular formula is C40H26N4O6S2. The number of amides is 2. The molecule has 0 saturated heterocycles. The summed E-state index contributed by atoms with van der Waals surface area (Å²) in [6.45, 7) is -0.228. The fourth-order valence-electron chi connectivity index (χ4n) is 6.58. The van der Waals surface area contributed by atoms with Crippen molar-refractivity contribution < 1.29 is 26.4 Å². The summed E-state index contributed by atoms with van der Waals surface area (Å²) >= 11 is 0. The van der Waals surface area contributed by atoms with Crippen molar-refractivity contribution >= 4 is 64.8 Å². The zero-order valence-corrected chi connectivity index (χ0v) is 28.8. The number of fused-ring (bicyclic) bond motifs is 2. The fraction of sp³-hybridized carbons (Fsp3) is 0.0250. The standard InChI is InChI=1S/C40H26N4O6S2/c41-25-27-19-21-28(22-20-27)26-42-39(45)37(35-23-29-11-7-9-17-33(29)43(35)51(47,48)31-13-3-1-4-14-31)38(40(42)46)36-24-30-12-8-10-18-34(30)44(36)52(49,50)32-15-5-2-6-16-32/h1-24H,26H2. The summed E-state index contributed by atoms with van der Waals surface area (Å²) in [5, 5.41) is 10.3. The first-order chi connectivity index (χ1) is 25.1. The van der Waals surface area contributed by atoms with Crippen LogP contribution in [0.25, 0.3) is 33.0 Å². The van der Waals surface area contributed by atoms with E-state index in [0.29, 0.717) is 21.9 Å². The van der Waals surface area contributed by atoms with Crippen LogP contribution in [0, 0.1) is 11.3 Å². The van der Waals surface area contributed by atoms with Gasteiger partial charge in [0, 0.05) is 10.8 Å². The minimum absolute atomic E-state index is 0.0493. The maximum absolute atomic E-state index is 14.8. The molecule has 0 spiro atoms. The number of nitriles is 1. The van der Waals surface area contributed by atoms with Crippen LogP contribution in [0.5, 0.6) is 0 Å². The van der Waals surface area contributed by atoms with Gasteiger partial charge >= 0.3 is 0 Å². The lowest BCUT2D eigenvalue weighted by molar-refractivity contribution is -0.136. The molecule has 10 nitrogen and oxygen atoms in total. The van der Waals surface area contributed by atoms with Crippen LogP contribution >= 0.6 is 0 Å². The van der Waals surface area contributed by atoms with Crippen molar-refractivity contribution in [2.24, 2.45) is 0 Å². The topological polar surface area (TPSA) is 139 Å². The molecular weight excluding hydrogens is 697 g/mol. The third-order valence-electron chi connectivity index (χ3n) is 9.00. The summed E-state index contributed by atoms with van der Waals surface area (Å²) in [5.74, 6) is -1.63. The van der Waals surface area contributed by atoms with Crippen LogP contribution in [0.4, 0.5) is 0 Å². The number of benzene rings is 5. The van der Waals surface area contributed by atoms with Crippen molar-refractivity contribution in [1.82, 2.24) is 12.8 Å². The first-order valence-electron chi connectivity index (χ1n) is 16.0. The van der Waals surface area contributed by atoms with E-state index in [-0.39, 0.29) is 49.9 Å². The van der Waals surface area contributed by atoms with Gasteiger partial charge in [-0.2, -0.15) is 5.26 Å². The molecule has 0 atom stereocenters. The molecule has 0 unspecified atom stereocenters. The number of aromatic nitrogens is 2. The lowest BCUT2D eigenvalue weighted by Crippen LogP contribution is -2.31. The van der Waals surface area contributed by atoms with Crippen LogP contribution in [0.3, 0.4) is 0 Å². The van der Waals surface area contributed by atoms with Gasteiger partial charge in [-0.05, 0) is 66.2 Å². The van der Waals surface area contributed by atoms with Gasteiger partial charge in [-0.1, -0.05) is 84.9 Å². The summed E-state index contributed by atoms with van der Waals surface area (Å²) in [5.41, 5.74) is 0.672. The molecule has 8 rings (SSSR count). The quantitative estimate of drug-likeness (QED) is 0.165. The van der Waals surface area contributed by atoms with Crippen LogP contribution in [0.2, 0.25) is 0 Å². The van der Waals surface area contributed by atoms with Gasteiger partial charge in [0.15, 0.2) is 0 Å². The van der Waals surface area contributed by atoms with E-state index in [1.54, 1.807) is 109 Å². The van der Waals surface area contributed by atoms with E-state index in [1.807, 2.05) is 6.07 Å². The van der Waals surface area contributed by atoms with Crippen molar-refractivity contribution in [3.63, 3.8) is 0 Å². The number of carbonyl (C=O) groups excluding carboxylic acids is 2. The molecule has 2 aromatic heterocycles. The van der Waals surface area contributed by atoms with E-state index >= 15 is 0 Å². The molecule has 0 radical (unpaired) electrons. The summed E-state index contributed by atoms with van der Waals surface area (Å²) in [4.78, 5) is 30.5. The van der Waals surface area contributed by atoms with E-state index in [4.69, 9.17) is 0 Å². The highest BCUT2D eigenvalue weighted by molar-refractivity contribution is 7.90. The molecule has 0 bridgehead atoms.